The summed E-state index contributed by atoms with van der Waals surface area (Å²) in [7, 11) is 0. The molecule has 0 atom stereocenters. The summed E-state index contributed by atoms with van der Waals surface area (Å²) < 4.78 is 2.20. The minimum Gasteiger partial charge on any atom is -0.303 e. The maximum Gasteiger partial charge on any atom is 0.0998 e. The van der Waals surface area contributed by atoms with Crippen molar-refractivity contribution in [3.8, 4) is 5.69 Å². The summed E-state index contributed by atoms with van der Waals surface area (Å²) in [6.45, 7) is 9.40. The Hall–Kier alpha value is -2.92. The molecule has 1 fully saturated rings. The number of nitrogens with zero attached hydrogens (tertiary/aromatic N) is 4. The lowest BCUT2D eigenvalue weighted by atomic mass is 9.96. The molecule has 1 saturated heterocycles. The monoisotopic (exact) mass is 472 g/mol. The van der Waals surface area contributed by atoms with E-state index < -0.39 is 0 Å². The molecule has 0 unspecified atom stereocenters. The highest BCUT2D eigenvalue weighted by Gasteiger charge is 2.26. The number of aryl methyl sites for hydroxylation is 1. The maximum atomic E-state index is 4.77. The molecule has 0 bridgehead atoms. The Morgan fingerprint density at radius 3 is 1.85 bits per heavy atom. The van der Waals surface area contributed by atoms with Gasteiger partial charge in [-0.25, -0.2) is 4.98 Å². The van der Waals surface area contributed by atoms with Gasteiger partial charge in [0.2, 0.25) is 0 Å². The van der Waals surface area contributed by atoms with Gasteiger partial charge >= 0.3 is 0 Å². The molecule has 5 heteroatoms. The predicted molar refractivity (Wildman–Crippen MR) is 142 cm³/mol. The highest BCUT2D eigenvalue weighted by Crippen LogP contribution is 2.29. The number of rotatable bonds is 6. The van der Waals surface area contributed by atoms with Crippen molar-refractivity contribution >= 4 is 12.4 Å². The SMILES string of the molecule is Cc1ccc(-n2cnc(CN3CCN(C(c4ccccc4)c4ccccc4)CC3)c2C)cc1.Cl. The molecule has 0 spiro atoms. The lowest BCUT2D eigenvalue weighted by Crippen LogP contribution is -2.47. The predicted octanol–water partition coefficient (Wildman–Crippen LogP) is 5.82. The van der Waals surface area contributed by atoms with Gasteiger partial charge in [0, 0.05) is 44.1 Å². The Morgan fingerprint density at radius 2 is 1.29 bits per heavy atom. The van der Waals surface area contributed by atoms with Gasteiger partial charge in [-0.3, -0.25) is 9.80 Å². The van der Waals surface area contributed by atoms with Gasteiger partial charge in [-0.2, -0.15) is 0 Å². The Morgan fingerprint density at radius 1 is 0.735 bits per heavy atom. The molecular formula is C29H33ClN4. The third-order valence-electron chi connectivity index (χ3n) is 6.80. The molecule has 176 valence electrons. The first kappa shape index (κ1) is 24.2. The van der Waals surface area contributed by atoms with Crippen LogP contribution in [0.1, 0.15) is 34.1 Å². The van der Waals surface area contributed by atoms with Crippen LogP contribution in [0.2, 0.25) is 0 Å². The van der Waals surface area contributed by atoms with E-state index in [9.17, 15) is 0 Å². The van der Waals surface area contributed by atoms with Crippen LogP contribution < -0.4 is 0 Å². The zero-order valence-corrected chi connectivity index (χ0v) is 20.8. The van der Waals surface area contributed by atoms with Crippen LogP contribution in [0.5, 0.6) is 0 Å². The van der Waals surface area contributed by atoms with Crippen LogP contribution in [0.4, 0.5) is 0 Å². The van der Waals surface area contributed by atoms with E-state index in [1.165, 1.54) is 33.8 Å². The van der Waals surface area contributed by atoms with E-state index in [0.29, 0.717) is 6.04 Å². The van der Waals surface area contributed by atoms with Crippen LogP contribution in [-0.2, 0) is 6.54 Å². The number of halogens is 1. The largest absolute Gasteiger partial charge is 0.303 e. The van der Waals surface area contributed by atoms with Crippen LogP contribution in [0.15, 0.2) is 91.3 Å². The first-order valence-electron chi connectivity index (χ1n) is 11.9. The first-order valence-corrected chi connectivity index (χ1v) is 11.9. The van der Waals surface area contributed by atoms with Crippen molar-refractivity contribution in [2.45, 2.75) is 26.4 Å². The molecule has 0 amide bonds. The number of aromatic nitrogens is 2. The smallest absolute Gasteiger partial charge is 0.0998 e. The Labute approximate surface area is 209 Å². The van der Waals surface area contributed by atoms with E-state index in [1.54, 1.807) is 0 Å². The fourth-order valence-electron chi connectivity index (χ4n) is 4.84. The van der Waals surface area contributed by atoms with Gasteiger partial charge in [0.25, 0.3) is 0 Å². The Bertz CT molecular complexity index is 1120. The van der Waals surface area contributed by atoms with Gasteiger partial charge in [0.1, 0.15) is 0 Å². The summed E-state index contributed by atoms with van der Waals surface area (Å²) in [5.41, 5.74) is 7.59. The van der Waals surface area contributed by atoms with E-state index in [4.69, 9.17) is 4.98 Å². The topological polar surface area (TPSA) is 24.3 Å². The van der Waals surface area contributed by atoms with Crippen molar-refractivity contribution < 1.29 is 0 Å². The highest BCUT2D eigenvalue weighted by atomic mass is 35.5. The minimum atomic E-state index is 0. The van der Waals surface area contributed by atoms with Crippen molar-refractivity contribution in [3.05, 3.63) is 119 Å². The van der Waals surface area contributed by atoms with Crippen LogP contribution in [0.3, 0.4) is 0 Å². The number of hydrogen-bond donors (Lipinski definition) is 0. The van der Waals surface area contributed by atoms with E-state index in [-0.39, 0.29) is 12.4 Å². The molecule has 4 nitrogen and oxygen atoms in total. The Kier molecular flexibility index (Phi) is 7.84. The van der Waals surface area contributed by atoms with Crippen molar-refractivity contribution in [2.24, 2.45) is 0 Å². The normalized spacial score (nSPS) is 14.8. The van der Waals surface area contributed by atoms with Gasteiger partial charge in [-0.05, 0) is 37.1 Å². The molecule has 4 aromatic rings. The molecule has 0 saturated carbocycles. The first-order chi connectivity index (χ1) is 16.2. The molecule has 3 aromatic carbocycles. The van der Waals surface area contributed by atoms with Gasteiger partial charge < -0.3 is 4.57 Å². The second-order valence-corrected chi connectivity index (χ2v) is 9.02. The molecule has 34 heavy (non-hydrogen) atoms. The summed E-state index contributed by atoms with van der Waals surface area (Å²) in [5, 5.41) is 0. The minimum absolute atomic E-state index is 0. The van der Waals surface area contributed by atoms with E-state index in [1.807, 2.05) is 6.33 Å². The molecule has 2 heterocycles. The van der Waals surface area contributed by atoms with E-state index in [0.717, 1.165) is 32.7 Å². The fourth-order valence-corrected chi connectivity index (χ4v) is 4.84. The zero-order valence-electron chi connectivity index (χ0n) is 20.0. The highest BCUT2D eigenvalue weighted by molar-refractivity contribution is 5.85. The van der Waals surface area contributed by atoms with Gasteiger partial charge in [0.05, 0.1) is 18.1 Å². The molecule has 1 aliphatic rings. The van der Waals surface area contributed by atoms with Crippen molar-refractivity contribution in [3.63, 3.8) is 0 Å². The summed E-state index contributed by atoms with van der Waals surface area (Å²) in [6, 6.07) is 30.8. The molecule has 0 N–H and O–H groups in total. The molecule has 5 rings (SSSR count). The number of imidazole rings is 1. The molecule has 0 radical (unpaired) electrons. The summed E-state index contributed by atoms with van der Waals surface area (Å²) >= 11 is 0. The van der Waals surface area contributed by atoms with Crippen molar-refractivity contribution in [2.75, 3.05) is 26.2 Å². The van der Waals surface area contributed by atoms with Crippen molar-refractivity contribution in [1.82, 2.24) is 19.4 Å². The van der Waals surface area contributed by atoms with Gasteiger partial charge in [0.15, 0.2) is 0 Å². The number of benzene rings is 3. The molecule has 1 aromatic heterocycles. The van der Waals surface area contributed by atoms with E-state index in [2.05, 4.69) is 113 Å². The molecule has 1 aliphatic heterocycles. The molecule has 0 aliphatic carbocycles. The summed E-state index contributed by atoms with van der Waals surface area (Å²) in [6.07, 6.45) is 1.96. The summed E-state index contributed by atoms with van der Waals surface area (Å²) in [5.74, 6) is 0. The van der Waals surface area contributed by atoms with Crippen LogP contribution in [0, 0.1) is 13.8 Å². The summed E-state index contributed by atoms with van der Waals surface area (Å²) in [4.78, 5) is 9.93. The second-order valence-electron chi connectivity index (χ2n) is 9.02. The maximum absolute atomic E-state index is 4.77. The van der Waals surface area contributed by atoms with Gasteiger partial charge in [-0.1, -0.05) is 78.4 Å². The van der Waals surface area contributed by atoms with Crippen LogP contribution >= 0.6 is 12.4 Å². The second kappa shape index (κ2) is 11.0. The zero-order chi connectivity index (χ0) is 22.6. The average Bonchev–Trinajstić information content (AvgIpc) is 3.22. The lowest BCUT2D eigenvalue weighted by molar-refractivity contribution is 0.104. The van der Waals surface area contributed by atoms with E-state index >= 15 is 0 Å². The van der Waals surface area contributed by atoms with Crippen LogP contribution in [0.25, 0.3) is 5.69 Å². The standard InChI is InChI=1S/C29H32N4.ClH/c1-23-13-15-27(16-14-23)33-22-30-28(24(33)2)21-31-17-19-32(20-18-31)29(25-9-5-3-6-10-25)26-11-7-4-8-12-26;/h3-16,22,29H,17-21H2,1-2H3;1H. The number of piperazine rings is 1. The average molecular weight is 473 g/mol. The fraction of sp³-hybridized carbons (Fsp3) is 0.276. The lowest BCUT2D eigenvalue weighted by Gasteiger charge is -2.39. The van der Waals surface area contributed by atoms with Crippen molar-refractivity contribution in [1.29, 1.82) is 0 Å². The quantitative estimate of drug-likeness (QED) is 0.353. The van der Waals surface area contributed by atoms with Crippen LogP contribution in [-0.4, -0.2) is 45.5 Å². The Balaban J connectivity index is 0.00000274. The van der Waals surface area contributed by atoms with Gasteiger partial charge in [-0.15, -0.1) is 12.4 Å². The third kappa shape index (κ3) is 5.25. The number of hydrogen-bond acceptors (Lipinski definition) is 3. The third-order valence-corrected chi connectivity index (χ3v) is 6.80. The molecular weight excluding hydrogens is 440 g/mol.